The van der Waals surface area contributed by atoms with Crippen molar-refractivity contribution in [3.05, 3.63) is 29.8 Å². The molecule has 120 valence electrons. The van der Waals surface area contributed by atoms with Gasteiger partial charge in [-0.3, -0.25) is 4.79 Å². The van der Waals surface area contributed by atoms with Crippen molar-refractivity contribution in [3.8, 4) is 0 Å². The maximum absolute atomic E-state index is 12.6. The highest BCUT2D eigenvalue weighted by molar-refractivity contribution is 5.94. The van der Waals surface area contributed by atoms with E-state index in [0.717, 1.165) is 38.2 Å². The number of piperidine rings is 1. The normalized spacial score (nSPS) is 23.2. The van der Waals surface area contributed by atoms with Gasteiger partial charge in [-0.2, -0.15) is 0 Å². The SMILES string of the molecule is C[C@@H]1CN(C(=O)c2ccc(N3CCCCC3)cc2)CCCO1. The summed E-state index contributed by atoms with van der Waals surface area (Å²) in [4.78, 5) is 17.0. The lowest BCUT2D eigenvalue weighted by Crippen LogP contribution is -2.36. The summed E-state index contributed by atoms with van der Waals surface area (Å²) in [7, 11) is 0. The second-order valence-electron chi connectivity index (χ2n) is 6.38. The van der Waals surface area contributed by atoms with E-state index in [1.165, 1.54) is 24.9 Å². The van der Waals surface area contributed by atoms with Gasteiger partial charge in [-0.1, -0.05) is 0 Å². The number of anilines is 1. The van der Waals surface area contributed by atoms with Crippen molar-refractivity contribution in [2.24, 2.45) is 0 Å². The Hall–Kier alpha value is -1.55. The molecule has 1 aromatic rings. The quantitative estimate of drug-likeness (QED) is 0.842. The molecule has 4 heteroatoms. The Bertz CT molecular complexity index is 494. The molecule has 1 atom stereocenters. The summed E-state index contributed by atoms with van der Waals surface area (Å²) >= 11 is 0. The topological polar surface area (TPSA) is 32.8 Å². The van der Waals surface area contributed by atoms with Gasteiger partial charge in [0.2, 0.25) is 0 Å². The third-order valence-electron chi connectivity index (χ3n) is 4.57. The monoisotopic (exact) mass is 302 g/mol. The lowest BCUT2D eigenvalue weighted by atomic mass is 10.1. The molecule has 0 spiro atoms. The number of carbonyl (C=O) groups is 1. The molecule has 0 unspecified atom stereocenters. The minimum absolute atomic E-state index is 0.124. The van der Waals surface area contributed by atoms with E-state index in [2.05, 4.69) is 17.0 Å². The zero-order valence-corrected chi connectivity index (χ0v) is 13.5. The summed E-state index contributed by atoms with van der Waals surface area (Å²) in [5, 5.41) is 0. The molecular formula is C18H26N2O2. The zero-order chi connectivity index (χ0) is 15.4. The largest absolute Gasteiger partial charge is 0.377 e. The van der Waals surface area contributed by atoms with Crippen molar-refractivity contribution in [2.75, 3.05) is 37.7 Å². The Labute approximate surface area is 133 Å². The molecule has 0 aromatic heterocycles. The van der Waals surface area contributed by atoms with Crippen LogP contribution in [0, 0.1) is 0 Å². The van der Waals surface area contributed by atoms with E-state index in [0.29, 0.717) is 6.54 Å². The molecule has 2 aliphatic heterocycles. The molecule has 2 fully saturated rings. The minimum Gasteiger partial charge on any atom is -0.377 e. The molecule has 2 aliphatic rings. The van der Waals surface area contributed by atoms with Crippen molar-refractivity contribution in [2.45, 2.75) is 38.7 Å². The van der Waals surface area contributed by atoms with Crippen LogP contribution in [0.25, 0.3) is 0 Å². The highest BCUT2D eigenvalue weighted by Gasteiger charge is 2.21. The first-order valence-electron chi connectivity index (χ1n) is 8.50. The number of hydrogen-bond donors (Lipinski definition) is 0. The van der Waals surface area contributed by atoms with Gasteiger partial charge in [0.25, 0.3) is 5.91 Å². The molecular weight excluding hydrogens is 276 g/mol. The van der Waals surface area contributed by atoms with Crippen LogP contribution in [-0.4, -0.2) is 49.7 Å². The summed E-state index contributed by atoms with van der Waals surface area (Å²) in [5.41, 5.74) is 2.03. The smallest absolute Gasteiger partial charge is 0.253 e. The minimum atomic E-state index is 0.124. The van der Waals surface area contributed by atoms with E-state index in [4.69, 9.17) is 4.74 Å². The fourth-order valence-corrected chi connectivity index (χ4v) is 3.33. The standard InChI is InChI=1S/C18H26N2O2/c1-15-14-20(12-5-13-22-15)18(21)16-6-8-17(9-7-16)19-10-3-2-4-11-19/h6-9,15H,2-5,10-14H2,1H3/t15-/m1/s1. The van der Waals surface area contributed by atoms with Crippen molar-refractivity contribution in [1.29, 1.82) is 0 Å². The number of hydrogen-bond acceptors (Lipinski definition) is 3. The van der Waals surface area contributed by atoms with Crippen molar-refractivity contribution < 1.29 is 9.53 Å². The predicted octanol–water partition coefficient (Wildman–Crippen LogP) is 2.93. The molecule has 1 amide bonds. The average molecular weight is 302 g/mol. The van der Waals surface area contributed by atoms with Crippen LogP contribution in [0.15, 0.2) is 24.3 Å². The maximum atomic E-state index is 12.6. The van der Waals surface area contributed by atoms with Gasteiger partial charge in [-0.25, -0.2) is 0 Å². The van der Waals surface area contributed by atoms with Gasteiger partial charge in [0.1, 0.15) is 0 Å². The summed E-state index contributed by atoms with van der Waals surface area (Å²) in [6, 6.07) is 8.14. The fraction of sp³-hybridized carbons (Fsp3) is 0.611. The number of ether oxygens (including phenoxy) is 1. The molecule has 0 N–H and O–H groups in total. The van der Waals surface area contributed by atoms with E-state index in [1.54, 1.807) is 0 Å². The molecule has 3 rings (SSSR count). The van der Waals surface area contributed by atoms with Gasteiger partial charge in [0.05, 0.1) is 6.10 Å². The van der Waals surface area contributed by atoms with Crippen LogP contribution in [0.5, 0.6) is 0 Å². The van der Waals surface area contributed by atoms with E-state index >= 15 is 0 Å². The zero-order valence-electron chi connectivity index (χ0n) is 13.5. The van der Waals surface area contributed by atoms with Crippen molar-refractivity contribution in [3.63, 3.8) is 0 Å². The first-order valence-corrected chi connectivity index (χ1v) is 8.50. The predicted molar refractivity (Wildman–Crippen MR) is 88.4 cm³/mol. The van der Waals surface area contributed by atoms with Crippen LogP contribution in [0.2, 0.25) is 0 Å². The highest BCUT2D eigenvalue weighted by Crippen LogP contribution is 2.21. The number of benzene rings is 1. The van der Waals surface area contributed by atoms with E-state index < -0.39 is 0 Å². The molecule has 0 saturated carbocycles. The summed E-state index contributed by atoms with van der Waals surface area (Å²) in [5.74, 6) is 0.127. The van der Waals surface area contributed by atoms with E-state index in [1.807, 2.05) is 24.0 Å². The van der Waals surface area contributed by atoms with Crippen LogP contribution in [-0.2, 0) is 4.74 Å². The Morgan fingerprint density at radius 3 is 2.50 bits per heavy atom. The third-order valence-corrected chi connectivity index (χ3v) is 4.57. The summed E-state index contributed by atoms with van der Waals surface area (Å²) in [6.45, 7) is 6.52. The fourth-order valence-electron chi connectivity index (χ4n) is 3.33. The Morgan fingerprint density at radius 2 is 1.77 bits per heavy atom. The number of nitrogens with zero attached hydrogens (tertiary/aromatic N) is 2. The Morgan fingerprint density at radius 1 is 1.05 bits per heavy atom. The van der Waals surface area contributed by atoms with Gasteiger partial charge in [-0.05, 0) is 56.9 Å². The molecule has 1 aromatic carbocycles. The van der Waals surface area contributed by atoms with Crippen molar-refractivity contribution >= 4 is 11.6 Å². The Balaban J connectivity index is 1.67. The highest BCUT2D eigenvalue weighted by atomic mass is 16.5. The first kappa shape index (κ1) is 15.3. The van der Waals surface area contributed by atoms with Crippen LogP contribution in [0.1, 0.15) is 43.0 Å². The number of amides is 1. The lowest BCUT2D eigenvalue weighted by Gasteiger charge is -2.29. The van der Waals surface area contributed by atoms with Gasteiger partial charge in [0, 0.05) is 44.0 Å². The molecule has 0 aliphatic carbocycles. The molecule has 2 saturated heterocycles. The van der Waals surface area contributed by atoms with Crippen LogP contribution in [0.4, 0.5) is 5.69 Å². The second-order valence-corrected chi connectivity index (χ2v) is 6.38. The molecule has 4 nitrogen and oxygen atoms in total. The maximum Gasteiger partial charge on any atom is 0.253 e. The summed E-state index contributed by atoms with van der Waals surface area (Å²) < 4.78 is 5.62. The Kier molecular flexibility index (Phi) is 4.98. The number of carbonyl (C=O) groups excluding carboxylic acids is 1. The lowest BCUT2D eigenvalue weighted by molar-refractivity contribution is 0.0563. The van der Waals surface area contributed by atoms with Gasteiger partial charge in [0.15, 0.2) is 0 Å². The van der Waals surface area contributed by atoms with Crippen LogP contribution < -0.4 is 4.90 Å². The molecule has 0 bridgehead atoms. The second kappa shape index (κ2) is 7.14. The van der Waals surface area contributed by atoms with Gasteiger partial charge < -0.3 is 14.5 Å². The molecule has 2 heterocycles. The average Bonchev–Trinajstić information content (AvgIpc) is 2.80. The van der Waals surface area contributed by atoms with Crippen LogP contribution in [0.3, 0.4) is 0 Å². The van der Waals surface area contributed by atoms with Gasteiger partial charge in [-0.15, -0.1) is 0 Å². The summed E-state index contributed by atoms with van der Waals surface area (Å²) in [6.07, 6.45) is 4.92. The van der Waals surface area contributed by atoms with Crippen LogP contribution >= 0.6 is 0 Å². The first-order chi connectivity index (χ1) is 10.7. The third kappa shape index (κ3) is 3.61. The number of rotatable bonds is 2. The van der Waals surface area contributed by atoms with Gasteiger partial charge >= 0.3 is 0 Å². The molecule has 0 radical (unpaired) electrons. The molecule has 22 heavy (non-hydrogen) atoms. The van der Waals surface area contributed by atoms with Crippen molar-refractivity contribution in [1.82, 2.24) is 4.90 Å². The van der Waals surface area contributed by atoms with E-state index in [9.17, 15) is 4.79 Å². The van der Waals surface area contributed by atoms with E-state index in [-0.39, 0.29) is 12.0 Å².